The quantitative estimate of drug-likeness (QED) is 0.789. The predicted octanol–water partition coefficient (Wildman–Crippen LogP) is 4.34. The minimum absolute atomic E-state index is 0.195. The maximum atomic E-state index is 9.85. The second-order valence-corrected chi connectivity index (χ2v) is 6.18. The van der Waals surface area contributed by atoms with Gasteiger partial charge in [0.2, 0.25) is 0 Å². The molecule has 0 heterocycles. The Balaban J connectivity index is 2.34. The van der Waals surface area contributed by atoms with Crippen LogP contribution in [0.25, 0.3) is 0 Å². The maximum Gasteiger partial charge on any atom is 0.0636 e. The van der Waals surface area contributed by atoms with E-state index in [2.05, 4.69) is 41.9 Å². The highest BCUT2D eigenvalue weighted by Gasteiger charge is 2.09. The second-order valence-electron chi connectivity index (χ2n) is 4.17. The lowest BCUT2D eigenvalue weighted by atomic mass is 10.0. The van der Waals surface area contributed by atoms with E-state index >= 15 is 0 Å². The third-order valence-corrected chi connectivity index (χ3v) is 4.24. The summed E-state index contributed by atoms with van der Waals surface area (Å²) >= 11 is 5.16. The largest absolute Gasteiger partial charge is 0.392 e. The Morgan fingerprint density at radius 3 is 2.81 bits per heavy atom. The van der Waals surface area contributed by atoms with Gasteiger partial charge in [-0.3, -0.25) is 0 Å². The number of rotatable bonds is 6. The van der Waals surface area contributed by atoms with Crippen molar-refractivity contribution in [2.24, 2.45) is 5.92 Å². The van der Waals surface area contributed by atoms with Crippen molar-refractivity contribution in [2.75, 3.05) is 5.75 Å². The standard InChI is InChI=1S/C13H19BrOS/c1-3-10(2)7-12(15)9-16-13-6-4-5-11(14)8-13/h4-6,8,10,12,15H,3,7,9H2,1-2H3. The van der Waals surface area contributed by atoms with Crippen molar-refractivity contribution in [3.63, 3.8) is 0 Å². The number of aliphatic hydroxyl groups excluding tert-OH is 1. The first-order valence-corrected chi connectivity index (χ1v) is 7.46. The van der Waals surface area contributed by atoms with Gasteiger partial charge in [0, 0.05) is 15.1 Å². The summed E-state index contributed by atoms with van der Waals surface area (Å²) in [7, 11) is 0. The van der Waals surface area contributed by atoms with E-state index in [-0.39, 0.29) is 6.10 Å². The van der Waals surface area contributed by atoms with Crippen LogP contribution in [0.1, 0.15) is 26.7 Å². The third-order valence-electron chi connectivity index (χ3n) is 2.61. The number of halogens is 1. The summed E-state index contributed by atoms with van der Waals surface area (Å²) in [6.07, 6.45) is 1.84. The summed E-state index contributed by atoms with van der Waals surface area (Å²) in [6.45, 7) is 4.35. The molecule has 0 fully saturated rings. The second kappa shape index (κ2) is 7.36. The van der Waals surface area contributed by atoms with Crippen LogP contribution in [0.15, 0.2) is 33.6 Å². The van der Waals surface area contributed by atoms with Crippen LogP contribution < -0.4 is 0 Å². The lowest BCUT2D eigenvalue weighted by molar-refractivity contribution is 0.167. The van der Waals surface area contributed by atoms with Crippen molar-refractivity contribution in [1.29, 1.82) is 0 Å². The molecule has 0 saturated carbocycles. The molecule has 1 rings (SSSR count). The van der Waals surface area contributed by atoms with Crippen molar-refractivity contribution < 1.29 is 5.11 Å². The van der Waals surface area contributed by atoms with Crippen LogP contribution in [0.3, 0.4) is 0 Å². The molecule has 0 bridgehead atoms. The van der Waals surface area contributed by atoms with Crippen LogP contribution >= 0.6 is 27.7 Å². The molecule has 0 aliphatic rings. The van der Waals surface area contributed by atoms with E-state index in [0.29, 0.717) is 5.92 Å². The third kappa shape index (κ3) is 5.37. The molecule has 90 valence electrons. The van der Waals surface area contributed by atoms with Gasteiger partial charge in [0.15, 0.2) is 0 Å². The number of thioether (sulfide) groups is 1. The minimum Gasteiger partial charge on any atom is -0.392 e. The number of hydrogen-bond donors (Lipinski definition) is 1. The van der Waals surface area contributed by atoms with E-state index in [1.807, 2.05) is 12.1 Å². The van der Waals surface area contributed by atoms with Gasteiger partial charge < -0.3 is 5.11 Å². The summed E-state index contributed by atoms with van der Waals surface area (Å²) in [5, 5.41) is 9.85. The van der Waals surface area contributed by atoms with Gasteiger partial charge in [0.05, 0.1) is 6.10 Å². The fourth-order valence-electron chi connectivity index (χ4n) is 1.45. The van der Waals surface area contributed by atoms with Crippen LogP contribution in [0.5, 0.6) is 0 Å². The Bertz CT molecular complexity index is 317. The highest BCUT2D eigenvalue weighted by Crippen LogP contribution is 2.24. The first-order valence-electron chi connectivity index (χ1n) is 5.68. The van der Waals surface area contributed by atoms with Gasteiger partial charge in [-0.2, -0.15) is 0 Å². The van der Waals surface area contributed by atoms with Crippen molar-refractivity contribution in [2.45, 2.75) is 37.7 Å². The first-order chi connectivity index (χ1) is 7.61. The number of benzene rings is 1. The molecule has 0 spiro atoms. The number of aliphatic hydroxyl groups is 1. The first kappa shape index (κ1) is 14.1. The van der Waals surface area contributed by atoms with E-state index in [0.717, 1.165) is 23.1 Å². The Labute approximate surface area is 111 Å². The summed E-state index contributed by atoms with van der Waals surface area (Å²) in [5.41, 5.74) is 0. The molecule has 0 aliphatic heterocycles. The minimum atomic E-state index is -0.195. The highest BCUT2D eigenvalue weighted by atomic mass is 79.9. The lowest BCUT2D eigenvalue weighted by Crippen LogP contribution is -2.13. The van der Waals surface area contributed by atoms with Crippen molar-refractivity contribution in [1.82, 2.24) is 0 Å². The molecule has 0 amide bonds. The normalized spacial score (nSPS) is 14.8. The van der Waals surface area contributed by atoms with Crippen LogP contribution in [0, 0.1) is 5.92 Å². The maximum absolute atomic E-state index is 9.85. The Morgan fingerprint density at radius 1 is 1.44 bits per heavy atom. The van der Waals surface area contributed by atoms with E-state index in [1.165, 1.54) is 4.90 Å². The predicted molar refractivity (Wildman–Crippen MR) is 74.9 cm³/mol. The Morgan fingerprint density at radius 2 is 2.19 bits per heavy atom. The highest BCUT2D eigenvalue weighted by molar-refractivity contribution is 9.10. The monoisotopic (exact) mass is 302 g/mol. The van der Waals surface area contributed by atoms with Crippen molar-refractivity contribution in [3.05, 3.63) is 28.7 Å². The molecule has 3 heteroatoms. The SMILES string of the molecule is CCC(C)CC(O)CSc1cccc(Br)c1. The van der Waals surface area contributed by atoms with Gasteiger partial charge in [0.1, 0.15) is 0 Å². The zero-order valence-electron chi connectivity index (χ0n) is 9.82. The molecule has 1 nitrogen and oxygen atoms in total. The van der Waals surface area contributed by atoms with Crippen LogP contribution in [-0.2, 0) is 0 Å². The topological polar surface area (TPSA) is 20.2 Å². The van der Waals surface area contributed by atoms with Crippen LogP contribution in [-0.4, -0.2) is 17.0 Å². The van der Waals surface area contributed by atoms with Crippen molar-refractivity contribution in [3.8, 4) is 0 Å². The smallest absolute Gasteiger partial charge is 0.0636 e. The summed E-state index contributed by atoms with van der Waals surface area (Å²) in [5.74, 6) is 1.39. The van der Waals surface area contributed by atoms with Gasteiger partial charge in [-0.05, 0) is 30.5 Å². The molecule has 1 aromatic rings. The van der Waals surface area contributed by atoms with Crippen molar-refractivity contribution >= 4 is 27.7 Å². The zero-order chi connectivity index (χ0) is 12.0. The average molecular weight is 303 g/mol. The van der Waals surface area contributed by atoms with Gasteiger partial charge >= 0.3 is 0 Å². The molecular formula is C13H19BrOS. The molecule has 1 N–H and O–H groups in total. The molecule has 2 atom stereocenters. The van der Waals surface area contributed by atoms with E-state index in [9.17, 15) is 5.11 Å². The molecule has 0 saturated heterocycles. The molecule has 0 aliphatic carbocycles. The summed E-state index contributed by atoms with van der Waals surface area (Å²) < 4.78 is 1.09. The Hall–Kier alpha value is 0.01000. The van der Waals surface area contributed by atoms with E-state index in [4.69, 9.17) is 0 Å². The molecular weight excluding hydrogens is 284 g/mol. The fraction of sp³-hybridized carbons (Fsp3) is 0.538. The van der Waals surface area contributed by atoms with Gasteiger partial charge in [0.25, 0.3) is 0 Å². The molecule has 2 unspecified atom stereocenters. The molecule has 0 aromatic heterocycles. The number of hydrogen-bond acceptors (Lipinski definition) is 2. The molecule has 0 radical (unpaired) electrons. The summed E-state index contributed by atoms with van der Waals surface area (Å²) in [6, 6.07) is 8.19. The van der Waals surface area contributed by atoms with Gasteiger partial charge in [-0.1, -0.05) is 42.3 Å². The van der Waals surface area contributed by atoms with E-state index in [1.54, 1.807) is 11.8 Å². The lowest BCUT2D eigenvalue weighted by Gasteiger charge is -2.14. The van der Waals surface area contributed by atoms with Gasteiger partial charge in [-0.15, -0.1) is 11.8 Å². The average Bonchev–Trinajstić information content (AvgIpc) is 2.26. The van der Waals surface area contributed by atoms with E-state index < -0.39 is 0 Å². The zero-order valence-corrected chi connectivity index (χ0v) is 12.2. The fourth-order valence-corrected chi connectivity index (χ4v) is 2.91. The van der Waals surface area contributed by atoms with Gasteiger partial charge in [-0.25, -0.2) is 0 Å². The summed E-state index contributed by atoms with van der Waals surface area (Å²) in [4.78, 5) is 1.21. The van der Waals surface area contributed by atoms with Crippen LogP contribution in [0.2, 0.25) is 0 Å². The Kier molecular flexibility index (Phi) is 6.47. The molecule has 1 aromatic carbocycles. The molecule has 16 heavy (non-hydrogen) atoms. The van der Waals surface area contributed by atoms with Crippen LogP contribution in [0.4, 0.5) is 0 Å².